The lowest BCUT2D eigenvalue weighted by atomic mass is 9.84. The fourth-order valence-electron chi connectivity index (χ4n) is 2.46. The molecule has 1 atom stereocenters. The molecule has 0 fully saturated rings. The minimum absolute atomic E-state index is 0. The van der Waals surface area contributed by atoms with Gasteiger partial charge in [0.1, 0.15) is 0 Å². The van der Waals surface area contributed by atoms with Crippen molar-refractivity contribution in [3.8, 4) is 0 Å². The number of unbranched alkanes of at least 4 members (excludes halogenated alkanes) is 10. The van der Waals surface area contributed by atoms with Crippen LogP contribution in [0.4, 0.5) is 0 Å². The van der Waals surface area contributed by atoms with Crippen LogP contribution < -0.4 is 5.73 Å². The standard InChI is InChI=1S/C18H39N.H2O/c1-5-6-7-8-9-10-11-12-13-14-15-16-17(19)18(2,3)4;/h17H,5-16,19H2,1-4H3;1H2. The molecular weight excluding hydrogens is 246 g/mol. The van der Waals surface area contributed by atoms with Crippen molar-refractivity contribution in [2.24, 2.45) is 11.1 Å². The predicted molar refractivity (Wildman–Crippen MR) is 92.1 cm³/mol. The van der Waals surface area contributed by atoms with E-state index >= 15 is 0 Å². The zero-order valence-electron chi connectivity index (χ0n) is 14.6. The van der Waals surface area contributed by atoms with Gasteiger partial charge in [0.05, 0.1) is 0 Å². The fraction of sp³-hybridized carbons (Fsp3) is 1.00. The maximum atomic E-state index is 6.17. The Morgan fingerprint density at radius 2 is 1.05 bits per heavy atom. The van der Waals surface area contributed by atoms with Crippen molar-refractivity contribution in [2.45, 2.75) is 111 Å². The highest BCUT2D eigenvalue weighted by molar-refractivity contribution is 4.76. The first-order chi connectivity index (χ1) is 8.98. The number of hydrogen-bond acceptors (Lipinski definition) is 1. The molecule has 0 aromatic carbocycles. The van der Waals surface area contributed by atoms with Crippen LogP contribution in [-0.2, 0) is 0 Å². The minimum atomic E-state index is 0. The van der Waals surface area contributed by atoms with Crippen molar-refractivity contribution in [1.82, 2.24) is 0 Å². The van der Waals surface area contributed by atoms with E-state index in [1.54, 1.807) is 0 Å². The first-order valence-corrected chi connectivity index (χ1v) is 8.74. The van der Waals surface area contributed by atoms with E-state index in [0.29, 0.717) is 6.04 Å². The van der Waals surface area contributed by atoms with E-state index in [4.69, 9.17) is 5.73 Å². The molecule has 0 aromatic rings. The monoisotopic (exact) mass is 287 g/mol. The summed E-state index contributed by atoms with van der Waals surface area (Å²) < 4.78 is 0. The molecule has 0 aliphatic rings. The van der Waals surface area contributed by atoms with E-state index in [9.17, 15) is 0 Å². The molecule has 0 spiro atoms. The van der Waals surface area contributed by atoms with E-state index in [-0.39, 0.29) is 10.9 Å². The second-order valence-corrected chi connectivity index (χ2v) is 7.30. The molecular formula is C18H41NO. The Morgan fingerprint density at radius 3 is 1.40 bits per heavy atom. The third kappa shape index (κ3) is 14.3. The van der Waals surface area contributed by atoms with Gasteiger partial charge in [0, 0.05) is 6.04 Å². The quantitative estimate of drug-likeness (QED) is 0.490. The minimum Gasteiger partial charge on any atom is -0.412 e. The summed E-state index contributed by atoms with van der Waals surface area (Å²) in [5, 5.41) is 0. The Kier molecular flexibility index (Phi) is 15.4. The van der Waals surface area contributed by atoms with Crippen LogP contribution in [0.1, 0.15) is 105 Å². The number of nitrogens with two attached hydrogens (primary N) is 1. The van der Waals surface area contributed by atoms with Crippen LogP contribution in [-0.4, -0.2) is 11.5 Å². The van der Waals surface area contributed by atoms with Crippen molar-refractivity contribution in [2.75, 3.05) is 0 Å². The molecule has 1 unspecified atom stereocenters. The smallest absolute Gasteiger partial charge is 0.00876 e. The topological polar surface area (TPSA) is 57.5 Å². The fourth-order valence-corrected chi connectivity index (χ4v) is 2.46. The molecule has 20 heavy (non-hydrogen) atoms. The molecule has 2 heteroatoms. The second kappa shape index (κ2) is 13.9. The molecule has 0 amide bonds. The van der Waals surface area contributed by atoms with E-state index < -0.39 is 0 Å². The summed E-state index contributed by atoms with van der Waals surface area (Å²) in [6.45, 7) is 9.02. The highest BCUT2D eigenvalue weighted by Gasteiger charge is 2.19. The van der Waals surface area contributed by atoms with Gasteiger partial charge in [0.15, 0.2) is 0 Å². The van der Waals surface area contributed by atoms with Gasteiger partial charge in [0.25, 0.3) is 0 Å². The molecule has 4 N–H and O–H groups in total. The van der Waals surface area contributed by atoms with E-state index in [1.807, 2.05) is 0 Å². The van der Waals surface area contributed by atoms with E-state index in [0.717, 1.165) is 0 Å². The molecule has 0 radical (unpaired) electrons. The molecule has 124 valence electrons. The van der Waals surface area contributed by atoms with Crippen LogP contribution in [0.3, 0.4) is 0 Å². The van der Waals surface area contributed by atoms with Crippen LogP contribution in [0.5, 0.6) is 0 Å². The van der Waals surface area contributed by atoms with Gasteiger partial charge in [-0.3, -0.25) is 0 Å². The summed E-state index contributed by atoms with van der Waals surface area (Å²) in [5.74, 6) is 0. The lowest BCUT2D eigenvalue weighted by molar-refractivity contribution is 0.298. The third-order valence-corrected chi connectivity index (χ3v) is 4.23. The first kappa shape index (κ1) is 22.2. The largest absolute Gasteiger partial charge is 0.412 e. The van der Waals surface area contributed by atoms with Gasteiger partial charge in [0.2, 0.25) is 0 Å². The van der Waals surface area contributed by atoms with Gasteiger partial charge in [-0.15, -0.1) is 0 Å². The average molecular weight is 288 g/mol. The Morgan fingerprint density at radius 1 is 0.700 bits per heavy atom. The van der Waals surface area contributed by atoms with Gasteiger partial charge >= 0.3 is 0 Å². The lowest BCUT2D eigenvalue weighted by Crippen LogP contribution is -2.34. The Labute approximate surface area is 128 Å². The summed E-state index contributed by atoms with van der Waals surface area (Å²) in [6, 6.07) is 0.367. The van der Waals surface area contributed by atoms with Gasteiger partial charge in [-0.25, -0.2) is 0 Å². The van der Waals surface area contributed by atoms with Crippen molar-refractivity contribution in [3.63, 3.8) is 0 Å². The van der Waals surface area contributed by atoms with Gasteiger partial charge in [-0.2, -0.15) is 0 Å². The summed E-state index contributed by atoms with van der Waals surface area (Å²) in [5.41, 5.74) is 6.45. The molecule has 0 aliphatic carbocycles. The zero-order chi connectivity index (χ0) is 14.6. The van der Waals surface area contributed by atoms with Crippen LogP contribution in [0, 0.1) is 5.41 Å². The zero-order valence-corrected chi connectivity index (χ0v) is 14.6. The summed E-state index contributed by atoms with van der Waals surface area (Å²) in [4.78, 5) is 0. The molecule has 0 bridgehead atoms. The highest BCUT2D eigenvalue weighted by Crippen LogP contribution is 2.22. The van der Waals surface area contributed by atoms with E-state index in [1.165, 1.54) is 77.0 Å². The number of hydrogen-bond donors (Lipinski definition) is 1. The average Bonchev–Trinajstić information content (AvgIpc) is 2.34. The van der Waals surface area contributed by atoms with Crippen LogP contribution in [0.2, 0.25) is 0 Å². The molecule has 0 aromatic heterocycles. The maximum Gasteiger partial charge on any atom is 0.00876 e. The van der Waals surface area contributed by atoms with Crippen molar-refractivity contribution >= 4 is 0 Å². The predicted octanol–water partition coefficient (Wildman–Crippen LogP) is 5.24. The molecule has 0 aliphatic heterocycles. The SMILES string of the molecule is CCCCCCCCCCCCCC(N)C(C)(C)C.O. The Hall–Kier alpha value is -0.0800. The van der Waals surface area contributed by atoms with Crippen LogP contribution >= 0.6 is 0 Å². The summed E-state index contributed by atoms with van der Waals surface area (Å²) >= 11 is 0. The summed E-state index contributed by atoms with van der Waals surface area (Å²) in [7, 11) is 0. The van der Waals surface area contributed by atoms with E-state index in [2.05, 4.69) is 27.7 Å². The van der Waals surface area contributed by atoms with Gasteiger partial charge in [-0.1, -0.05) is 98.3 Å². The van der Waals surface area contributed by atoms with Crippen LogP contribution in [0.25, 0.3) is 0 Å². The summed E-state index contributed by atoms with van der Waals surface area (Å²) in [6.07, 6.45) is 16.7. The lowest BCUT2D eigenvalue weighted by Gasteiger charge is -2.26. The molecule has 0 saturated heterocycles. The Balaban J connectivity index is 0. The molecule has 0 rings (SSSR count). The van der Waals surface area contributed by atoms with Crippen molar-refractivity contribution in [3.05, 3.63) is 0 Å². The van der Waals surface area contributed by atoms with Crippen molar-refractivity contribution < 1.29 is 5.48 Å². The van der Waals surface area contributed by atoms with Gasteiger partial charge in [-0.05, 0) is 11.8 Å². The van der Waals surface area contributed by atoms with Gasteiger partial charge < -0.3 is 11.2 Å². The first-order valence-electron chi connectivity index (χ1n) is 8.74. The maximum absolute atomic E-state index is 6.17. The van der Waals surface area contributed by atoms with Crippen molar-refractivity contribution in [1.29, 1.82) is 0 Å². The number of rotatable bonds is 12. The molecule has 0 heterocycles. The molecule has 2 nitrogen and oxygen atoms in total. The molecule has 0 saturated carbocycles. The highest BCUT2D eigenvalue weighted by atomic mass is 16.0. The Bertz CT molecular complexity index is 186. The normalized spacial score (nSPS) is 13.1. The third-order valence-electron chi connectivity index (χ3n) is 4.23. The second-order valence-electron chi connectivity index (χ2n) is 7.30. The van der Waals surface area contributed by atoms with Crippen LogP contribution in [0.15, 0.2) is 0 Å².